The minimum Gasteiger partial charge on any atom is -0.487 e. The molecule has 4 aromatic rings. The Morgan fingerprint density at radius 3 is 2.31 bits per heavy atom. The topological polar surface area (TPSA) is 104 Å². The number of aromatic nitrogens is 6. The highest BCUT2D eigenvalue weighted by Crippen LogP contribution is 2.58. The third-order valence-corrected chi connectivity index (χ3v) is 16.8. The Hall–Kier alpha value is -3.81. The van der Waals surface area contributed by atoms with Gasteiger partial charge in [0.1, 0.15) is 19.2 Å². The molecular weight excluding hydrogens is 737 g/mol. The molecule has 1 saturated heterocycles. The van der Waals surface area contributed by atoms with Crippen molar-refractivity contribution in [2.24, 2.45) is 12.5 Å². The molecule has 0 amide bonds. The van der Waals surface area contributed by atoms with Crippen LogP contribution in [0.4, 0.5) is 35.0 Å². The number of ether oxygens (including phenoxy) is 2. The van der Waals surface area contributed by atoms with Gasteiger partial charge in [-0.1, -0.05) is 40.4 Å². The SMILES string of the molecule is Cn1nc(-c2cnc(N3CC4(C3)CC(F)(F)C4)c(OCCO[Si](C)(C)C(C)(C)C)c2)nc1Nc1ccc(-c2cn(COCC[Si](C)(C)C)nc2F)c(F)c1. The van der Waals surface area contributed by atoms with E-state index in [0.717, 1.165) is 6.04 Å². The van der Waals surface area contributed by atoms with Crippen molar-refractivity contribution < 1.29 is 31.5 Å². The van der Waals surface area contributed by atoms with Crippen molar-refractivity contribution in [3.8, 4) is 28.3 Å². The summed E-state index contributed by atoms with van der Waals surface area (Å²) >= 11 is 0. The summed E-state index contributed by atoms with van der Waals surface area (Å²) in [5.41, 5.74) is 0.677. The number of alkyl halides is 2. The van der Waals surface area contributed by atoms with Crippen molar-refractivity contribution in [3.63, 3.8) is 0 Å². The minimum atomic E-state index is -2.60. The summed E-state index contributed by atoms with van der Waals surface area (Å²) in [6.45, 7) is 19.9. The molecule has 1 aliphatic heterocycles. The van der Waals surface area contributed by atoms with Crippen molar-refractivity contribution >= 4 is 33.8 Å². The Bertz CT molecular complexity index is 1960. The van der Waals surface area contributed by atoms with Gasteiger partial charge in [-0.25, -0.2) is 27.5 Å². The standard InChI is InChI=1S/C37H52F4N8O3Si2/c1-35(2,3)54(8,9)52-13-12-51-30-16-25(18-42-33(30)48-22-36(23-48)20-37(40,41)21-36)32-44-34(47(4)46-32)43-26-10-11-27(29(38)17-26)28-19-49(45-31(28)39)24-50-14-15-53(5,6)7/h10-11,16-19H,12-15,20-24H2,1-9H3,(H,43,44,46). The summed E-state index contributed by atoms with van der Waals surface area (Å²) < 4.78 is 78.7. The van der Waals surface area contributed by atoms with Crippen LogP contribution < -0.4 is 15.0 Å². The molecular formula is C37H52F4N8O3Si2. The van der Waals surface area contributed by atoms with E-state index in [1.165, 1.54) is 27.7 Å². The van der Waals surface area contributed by atoms with E-state index in [0.29, 0.717) is 60.9 Å². The molecule has 0 unspecified atom stereocenters. The first-order valence-electron chi connectivity index (χ1n) is 18.3. The fourth-order valence-corrected chi connectivity index (χ4v) is 8.27. The van der Waals surface area contributed by atoms with Gasteiger partial charge in [0.2, 0.25) is 17.8 Å². The molecule has 1 N–H and O–H groups in total. The zero-order valence-corrected chi connectivity index (χ0v) is 34.7. The highest BCUT2D eigenvalue weighted by Gasteiger charge is 2.62. The molecule has 2 aliphatic rings. The zero-order chi connectivity index (χ0) is 39.3. The molecule has 6 rings (SSSR count). The quantitative estimate of drug-likeness (QED) is 0.0720. The van der Waals surface area contributed by atoms with Crippen LogP contribution in [0.25, 0.3) is 22.5 Å². The van der Waals surface area contributed by atoms with Crippen LogP contribution in [-0.4, -0.2) is 84.8 Å². The average Bonchev–Trinajstić information content (AvgIpc) is 3.59. The first-order chi connectivity index (χ1) is 25.1. The maximum Gasteiger partial charge on any atom is 0.249 e. The number of pyridine rings is 1. The van der Waals surface area contributed by atoms with Gasteiger partial charge >= 0.3 is 0 Å². The van der Waals surface area contributed by atoms with Gasteiger partial charge in [0.15, 0.2) is 25.7 Å². The third-order valence-electron chi connectivity index (χ3n) is 10.5. The van der Waals surface area contributed by atoms with Gasteiger partial charge in [-0.3, -0.25) is 0 Å². The second-order valence-electron chi connectivity index (χ2n) is 17.5. The molecule has 0 atom stereocenters. The Morgan fingerprint density at radius 1 is 0.944 bits per heavy atom. The van der Waals surface area contributed by atoms with Crippen LogP contribution in [0.15, 0.2) is 36.7 Å². The van der Waals surface area contributed by atoms with Crippen LogP contribution in [-0.2, 0) is 22.9 Å². The second kappa shape index (κ2) is 14.7. The van der Waals surface area contributed by atoms with E-state index < -0.39 is 34.1 Å². The van der Waals surface area contributed by atoms with Crippen molar-refractivity contribution in [2.75, 3.05) is 43.1 Å². The van der Waals surface area contributed by atoms with Crippen LogP contribution in [0.5, 0.6) is 5.75 Å². The van der Waals surface area contributed by atoms with E-state index in [1.54, 1.807) is 25.4 Å². The van der Waals surface area contributed by atoms with E-state index >= 15 is 4.39 Å². The molecule has 54 heavy (non-hydrogen) atoms. The molecule has 11 nitrogen and oxygen atoms in total. The highest BCUT2D eigenvalue weighted by molar-refractivity contribution is 6.76. The molecule has 1 aromatic carbocycles. The number of nitrogens with zero attached hydrogens (tertiary/aromatic N) is 7. The van der Waals surface area contributed by atoms with E-state index in [-0.39, 0.29) is 47.8 Å². The Labute approximate surface area is 316 Å². The summed E-state index contributed by atoms with van der Waals surface area (Å²) in [5.74, 6) is -2.29. The number of halogens is 4. The van der Waals surface area contributed by atoms with Crippen LogP contribution in [0.2, 0.25) is 43.8 Å². The number of anilines is 3. The Morgan fingerprint density at radius 2 is 1.67 bits per heavy atom. The number of nitrogens with one attached hydrogen (secondary N) is 1. The molecule has 4 heterocycles. The van der Waals surface area contributed by atoms with Gasteiger partial charge < -0.3 is 24.1 Å². The lowest BCUT2D eigenvalue weighted by atomic mass is 9.61. The van der Waals surface area contributed by atoms with Gasteiger partial charge in [0, 0.05) is 82.3 Å². The number of hydrogen-bond acceptors (Lipinski definition) is 9. The monoisotopic (exact) mass is 788 g/mol. The van der Waals surface area contributed by atoms with E-state index in [2.05, 4.69) is 74.0 Å². The molecule has 1 spiro atoms. The van der Waals surface area contributed by atoms with Gasteiger partial charge in [-0.05, 0) is 48.4 Å². The maximum absolute atomic E-state index is 15.4. The fourth-order valence-electron chi connectivity index (χ4n) is 6.49. The van der Waals surface area contributed by atoms with Crippen molar-refractivity contribution in [2.45, 2.75) is 90.1 Å². The zero-order valence-electron chi connectivity index (χ0n) is 32.7. The molecule has 3 aromatic heterocycles. The number of rotatable bonds is 15. The van der Waals surface area contributed by atoms with Gasteiger partial charge in [0.05, 0.1) is 12.2 Å². The molecule has 2 fully saturated rings. The number of hydrogen-bond donors (Lipinski definition) is 1. The summed E-state index contributed by atoms with van der Waals surface area (Å²) in [6, 6.07) is 7.14. The van der Waals surface area contributed by atoms with E-state index in [4.69, 9.17) is 18.9 Å². The lowest BCUT2D eigenvalue weighted by molar-refractivity contribution is -0.170. The predicted molar refractivity (Wildman–Crippen MR) is 207 cm³/mol. The molecule has 0 bridgehead atoms. The summed E-state index contributed by atoms with van der Waals surface area (Å²) in [7, 11) is -1.56. The highest BCUT2D eigenvalue weighted by atomic mass is 28.4. The molecule has 0 radical (unpaired) electrons. The first-order valence-corrected chi connectivity index (χ1v) is 24.9. The predicted octanol–water partition coefficient (Wildman–Crippen LogP) is 8.71. The smallest absolute Gasteiger partial charge is 0.249 e. The normalized spacial score (nSPS) is 16.7. The fraction of sp³-hybridized carbons (Fsp3) is 0.568. The largest absolute Gasteiger partial charge is 0.487 e. The molecule has 1 saturated carbocycles. The molecule has 294 valence electrons. The third kappa shape index (κ3) is 9.00. The maximum atomic E-state index is 15.4. The Kier molecular flexibility index (Phi) is 10.8. The summed E-state index contributed by atoms with van der Waals surface area (Å²) in [6.07, 6.45) is 2.85. The van der Waals surface area contributed by atoms with Crippen molar-refractivity contribution in [1.82, 2.24) is 29.5 Å². The van der Waals surface area contributed by atoms with E-state index in [9.17, 15) is 13.2 Å². The lowest BCUT2D eigenvalue weighted by Gasteiger charge is -2.59. The van der Waals surface area contributed by atoms with Crippen LogP contribution >= 0.6 is 0 Å². The van der Waals surface area contributed by atoms with Crippen LogP contribution in [0.3, 0.4) is 0 Å². The van der Waals surface area contributed by atoms with Crippen molar-refractivity contribution in [1.29, 1.82) is 0 Å². The van der Waals surface area contributed by atoms with Crippen LogP contribution in [0, 0.1) is 17.2 Å². The van der Waals surface area contributed by atoms with Gasteiger partial charge in [-0.15, -0.1) is 10.2 Å². The molecule has 17 heteroatoms. The van der Waals surface area contributed by atoms with Gasteiger partial charge in [-0.2, -0.15) is 9.37 Å². The number of aryl methyl sites for hydroxylation is 1. The first kappa shape index (κ1) is 39.9. The summed E-state index contributed by atoms with van der Waals surface area (Å²) in [4.78, 5) is 11.3. The molecule has 1 aliphatic carbocycles. The number of benzene rings is 1. The average molecular weight is 789 g/mol. The van der Waals surface area contributed by atoms with E-state index in [1.807, 2.05) is 4.90 Å². The Balaban J connectivity index is 1.15. The summed E-state index contributed by atoms with van der Waals surface area (Å²) in [5, 5.41) is 11.6. The van der Waals surface area contributed by atoms with Crippen molar-refractivity contribution in [3.05, 3.63) is 48.4 Å². The van der Waals surface area contributed by atoms with Gasteiger partial charge in [0.25, 0.3) is 0 Å². The van der Waals surface area contributed by atoms with Crippen LogP contribution in [0.1, 0.15) is 33.6 Å². The second-order valence-corrected chi connectivity index (χ2v) is 27.9. The lowest BCUT2D eigenvalue weighted by Crippen LogP contribution is -2.66. The minimum absolute atomic E-state index is 0.0355.